The van der Waals surface area contributed by atoms with Crippen LogP contribution in [0.25, 0.3) is 0 Å². The average molecular weight is 449 g/mol. The van der Waals surface area contributed by atoms with Crippen molar-refractivity contribution in [1.29, 1.82) is 0 Å². The summed E-state index contributed by atoms with van der Waals surface area (Å²) in [7, 11) is 3.68. The summed E-state index contributed by atoms with van der Waals surface area (Å²) >= 11 is 5.96. The minimum atomic E-state index is -0.341. The van der Waals surface area contributed by atoms with Crippen LogP contribution in [0.2, 0.25) is 5.02 Å². The molecule has 28 heavy (non-hydrogen) atoms. The fraction of sp³-hybridized carbons (Fsp3) is 0.474. The molecule has 1 aliphatic heterocycles. The van der Waals surface area contributed by atoms with E-state index in [4.69, 9.17) is 11.6 Å². The van der Waals surface area contributed by atoms with Crippen molar-refractivity contribution in [2.45, 2.75) is 19.0 Å². The Balaban J connectivity index is 0.00000196. The number of nitrogens with zero attached hydrogens (tertiary/aromatic N) is 4. The van der Waals surface area contributed by atoms with Crippen molar-refractivity contribution in [3.05, 3.63) is 52.8 Å². The van der Waals surface area contributed by atoms with Crippen molar-refractivity contribution in [2.24, 2.45) is 7.05 Å². The second kappa shape index (κ2) is 11.6. The number of halogens is 3. The van der Waals surface area contributed by atoms with Crippen LogP contribution in [0.15, 0.2) is 36.7 Å². The second-order valence-electron chi connectivity index (χ2n) is 6.75. The second-order valence-corrected chi connectivity index (χ2v) is 7.19. The van der Waals surface area contributed by atoms with Gasteiger partial charge in [-0.25, -0.2) is 0 Å². The van der Waals surface area contributed by atoms with Gasteiger partial charge in [0.25, 0.3) is 0 Å². The molecule has 1 aliphatic rings. The highest BCUT2D eigenvalue weighted by Gasteiger charge is 2.27. The van der Waals surface area contributed by atoms with E-state index in [2.05, 4.69) is 27.4 Å². The van der Waals surface area contributed by atoms with E-state index in [1.54, 1.807) is 10.9 Å². The highest BCUT2D eigenvalue weighted by atomic mass is 35.5. The van der Waals surface area contributed by atoms with E-state index in [1.807, 2.05) is 37.3 Å². The van der Waals surface area contributed by atoms with Crippen LogP contribution in [0.3, 0.4) is 0 Å². The van der Waals surface area contributed by atoms with Gasteiger partial charge < -0.3 is 10.2 Å². The molecule has 3 rings (SSSR count). The molecule has 1 atom stereocenters. The van der Waals surface area contributed by atoms with E-state index in [1.165, 1.54) is 5.56 Å². The molecule has 1 fully saturated rings. The molecule has 1 N–H and O–H groups in total. The lowest BCUT2D eigenvalue weighted by Crippen LogP contribution is -2.41. The number of benzene rings is 1. The molecular weight excluding hydrogens is 421 g/mol. The third-order valence-corrected chi connectivity index (χ3v) is 5.07. The van der Waals surface area contributed by atoms with Gasteiger partial charge in [0.1, 0.15) is 6.04 Å². The van der Waals surface area contributed by atoms with Crippen LogP contribution in [-0.2, 0) is 18.4 Å². The van der Waals surface area contributed by atoms with Gasteiger partial charge in [-0.1, -0.05) is 23.7 Å². The number of rotatable bonds is 5. The van der Waals surface area contributed by atoms with Crippen molar-refractivity contribution < 1.29 is 4.79 Å². The van der Waals surface area contributed by atoms with Crippen molar-refractivity contribution in [2.75, 3.05) is 33.2 Å². The molecular formula is C19H28Cl3N5O. The Kier molecular flexibility index (Phi) is 10.3. The highest BCUT2D eigenvalue weighted by Crippen LogP contribution is 2.17. The first-order chi connectivity index (χ1) is 12.6. The number of nitrogens with one attached hydrogen (secondary N) is 1. The Hall–Kier alpha value is -1.31. The molecule has 0 radical (unpaired) electrons. The van der Waals surface area contributed by atoms with Crippen molar-refractivity contribution in [1.82, 2.24) is 24.9 Å². The SMILES string of the molecule is CNC(C(=O)N1CCCN(Cc2ccc(Cl)cc2)CC1)c1cnn(C)c1.Cl.Cl. The molecule has 0 aliphatic carbocycles. The number of aryl methyl sites for hydroxylation is 1. The Bertz CT molecular complexity index is 737. The fourth-order valence-corrected chi connectivity index (χ4v) is 3.53. The predicted molar refractivity (Wildman–Crippen MR) is 117 cm³/mol. The molecule has 156 valence electrons. The smallest absolute Gasteiger partial charge is 0.244 e. The first-order valence-electron chi connectivity index (χ1n) is 8.98. The van der Waals surface area contributed by atoms with Crippen LogP contribution >= 0.6 is 36.4 Å². The lowest BCUT2D eigenvalue weighted by molar-refractivity contribution is -0.133. The Morgan fingerprint density at radius 3 is 2.50 bits per heavy atom. The zero-order valence-electron chi connectivity index (χ0n) is 16.2. The molecule has 0 saturated carbocycles. The molecule has 9 heteroatoms. The summed E-state index contributed by atoms with van der Waals surface area (Å²) in [6, 6.07) is 7.64. The maximum Gasteiger partial charge on any atom is 0.244 e. The zero-order valence-corrected chi connectivity index (χ0v) is 18.6. The number of carbonyl (C=O) groups excluding carboxylic acids is 1. The number of aromatic nitrogens is 2. The minimum absolute atomic E-state index is 0. The summed E-state index contributed by atoms with van der Waals surface area (Å²) in [5, 5.41) is 8.08. The van der Waals surface area contributed by atoms with Crippen LogP contribution in [0.1, 0.15) is 23.6 Å². The van der Waals surface area contributed by atoms with Crippen LogP contribution in [0.4, 0.5) is 0 Å². The molecule has 1 aromatic heterocycles. The third kappa shape index (κ3) is 6.36. The van der Waals surface area contributed by atoms with Gasteiger partial charge in [0, 0.05) is 56.6 Å². The predicted octanol–water partition coefficient (Wildman–Crippen LogP) is 2.91. The lowest BCUT2D eigenvalue weighted by Gasteiger charge is -2.26. The van der Waals surface area contributed by atoms with Crippen molar-refractivity contribution in [3.63, 3.8) is 0 Å². The Labute approximate surface area is 184 Å². The number of carbonyl (C=O) groups is 1. The molecule has 1 unspecified atom stereocenters. The van der Waals surface area contributed by atoms with Gasteiger partial charge in [-0.05, 0) is 31.2 Å². The maximum atomic E-state index is 13.0. The largest absolute Gasteiger partial charge is 0.340 e. The molecule has 0 spiro atoms. The first-order valence-corrected chi connectivity index (χ1v) is 9.36. The summed E-state index contributed by atoms with van der Waals surface area (Å²) < 4.78 is 1.73. The monoisotopic (exact) mass is 447 g/mol. The van der Waals surface area contributed by atoms with Gasteiger partial charge in [0.15, 0.2) is 0 Å². The Morgan fingerprint density at radius 2 is 1.89 bits per heavy atom. The number of likely N-dealkylation sites (N-methyl/N-ethyl adjacent to an activating group) is 1. The topological polar surface area (TPSA) is 53.4 Å². The van der Waals surface area contributed by atoms with E-state index >= 15 is 0 Å². The summed E-state index contributed by atoms with van der Waals surface area (Å²) in [4.78, 5) is 17.4. The summed E-state index contributed by atoms with van der Waals surface area (Å²) in [6.07, 6.45) is 4.62. The molecule has 2 heterocycles. The van der Waals surface area contributed by atoms with Crippen LogP contribution in [-0.4, -0.2) is 58.7 Å². The van der Waals surface area contributed by atoms with Gasteiger partial charge >= 0.3 is 0 Å². The molecule has 1 aromatic carbocycles. The van der Waals surface area contributed by atoms with E-state index in [9.17, 15) is 4.79 Å². The summed E-state index contributed by atoms with van der Waals surface area (Å²) in [5.41, 5.74) is 2.15. The van der Waals surface area contributed by atoms with Gasteiger partial charge in [0.05, 0.1) is 6.20 Å². The summed E-state index contributed by atoms with van der Waals surface area (Å²) in [6.45, 7) is 4.28. The zero-order chi connectivity index (χ0) is 18.5. The standard InChI is InChI=1S/C19H26ClN5O.2ClH/c1-21-18(16-12-22-23(2)14-16)19(26)25-9-3-8-24(10-11-25)13-15-4-6-17(20)7-5-15;;/h4-7,12,14,18,21H,3,8-11,13H2,1-2H3;2*1H. The van der Waals surface area contributed by atoms with Crippen LogP contribution in [0.5, 0.6) is 0 Å². The molecule has 1 amide bonds. The number of amides is 1. The Morgan fingerprint density at radius 1 is 1.18 bits per heavy atom. The van der Waals surface area contributed by atoms with Gasteiger partial charge in [-0.2, -0.15) is 5.10 Å². The molecule has 0 bridgehead atoms. The van der Waals surface area contributed by atoms with Gasteiger partial charge in [0.2, 0.25) is 5.91 Å². The molecule has 1 saturated heterocycles. The van der Waals surface area contributed by atoms with Gasteiger partial charge in [-0.15, -0.1) is 24.8 Å². The van der Waals surface area contributed by atoms with E-state index < -0.39 is 0 Å². The highest BCUT2D eigenvalue weighted by molar-refractivity contribution is 6.30. The molecule has 2 aromatic rings. The summed E-state index contributed by atoms with van der Waals surface area (Å²) in [5.74, 6) is 0.119. The fourth-order valence-electron chi connectivity index (χ4n) is 3.40. The van der Waals surface area contributed by atoms with Crippen molar-refractivity contribution in [3.8, 4) is 0 Å². The maximum absolute atomic E-state index is 13.0. The van der Waals surface area contributed by atoms with Gasteiger partial charge in [-0.3, -0.25) is 14.4 Å². The van der Waals surface area contributed by atoms with E-state index in [0.717, 1.165) is 49.7 Å². The molecule has 6 nitrogen and oxygen atoms in total. The minimum Gasteiger partial charge on any atom is -0.340 e. The number of hydrogen-bond donors (Lipinski definition) is 1. The average Bonchev–Trinajstić information content (AvgIpc) is 2.92. The quantitative estimate of drug-likeness (QED) is 0.764. The van der Waals surface area contributed by atoms with Crippen molar-refractivity contribution >= 4 is 42.3 Å². The third-order valence-electron chi connectivity index (χ3n) is 4.81. The normalized spacial score (nSPS) is 15.9. The van der Waals surface area contributed by atoms with E-state index in [-0.39, 0.29) is 36.8 Å². The van der Waals surface area contributed by atoms with Crippen LogP contribution in [0, 0.1) is 0 Å². The lowest BCUT2D eigenvalue weighted by atomic mass is 10.1. The first kappa shape index (κ1) is 24.7. The number of hydrogen-bond acceptors (Lipinski definition) is 4. The van der Waals surface area contributed by atoms with Crippen LogP contribution < -0.4 is 5.32 Å². The van der Waals surface area contributed by atoms with E-state index in [0.29, 0.717) is 0 Å².